The van der Waals surface area contributed by atoms with E-state index in [0.29, 0.717) is 12.0 Å². The third-order valence-electron chi connectivity index (χ3n) is 3.05. The Hall–Kier alpha value is -0.370. The highest BCUT2D eigenvalue weighted by atomic mass is 79.9. The average Bonchev–Trinajstić information content (AvgIpc) is 2.75. The zero-order valence-corrected chi connectivity index (χ0v) is 15.0. The van der Waals surface area contributed by atoms with E-state index < -0.39 is 11.7 Å². The Bertz CT molecular complexity index is 605. The number of hydrogen-bond acceptors (Lipinski definition) is 2. The molecule has 1 aromatic heterocycles. The lowest BCUT2D eigenvalue weighted by molar-refractivity contribution is -0.137. The number of halogens is 5. The van der Waals surface area contributed by atoms with Crippen molar-refractivity contribution >= 4 is 43.2 Å². The molecule has 1 heterocycles. The van der Waals surface area contributed by atoms with Crippen LogP contribution in [0.15, 0.2) is 38.6 Å². The van der Waals surface area contributed by atoms with Gasteiger partial charge in [-0.1, -0.05) is 18.2 Å². The van der Waals surface area contributed by atoms with E-state index in [4.69, 9.17) is 0 Å². The van der Waals surface area contributed by atoms with Crippen molar-refractivity contribution in [2.45, 2.75) is 18.6 Å². The summed E-state index contributed by atoms with van der Waals surface area (Å²) < 4.78 is 40.1. The minimum Gasteiger partial charge on any atom is -0.312 e. The van der Waals surface area contributed by atoms with E-state index in [2.05, 4.69) is 37.2 Å². The van der Waals surface area contributed by atoms with Gasteiger partial charge in [-0.25, -0.2) is 0 Å². The van der Waals surface area contributed by atoms with Crippen molar-refractivity contribution in [2.24, 2.45) is 0 Å². The number of nitrogens with one attached hydrogen (secondary N) is 1. The molecule has 0 aliphatic carbocycles. The lowest BCUT2D eigenvalue weighted by Crippen LogP contribution is -2.18. The average molecular weight is 443 g/mol. The molecule has 0 bridgehead atoms. The molecule has 1 N–H and O–H groups in total. The van der Waals surface area contributed by atoms with Gasteiger partial charge in [0.1, 0.15) is 0 Å². The monoisotopic (exact) mass is 441 g/mol. The summed E-state index contributed by atoms with van der Waals surface area (Å²) in [5, 5.41) is 3.15. The highest BCUT2D eigenvalue weighted by Crippen LogP contribution is 2.37. The fraction of sp³-hybridized carbons (Fsp3) is 0.286. The Balaban J connectivity index is 2.23. The normalized spacial score (nSPS) is 13.4. The largest absolute Gasteiger partial charge is 0.416 e. The summed E-state index contributed by atoms with van der Waals surface area (Å²) >= 11 is 8.42. The maximum atomic E-state index is 12.7. The minimum atomic E-state index is -4.31. The van der Waals surface area contributed by atoms with Gasteiger partial charge in [0.25, 0.3) is 0 Å². The number of rotatable bonds is 4. The van der Waals surface area contributed by atoms with E-state index >= 15 is 0 Å². The number of benzene rings is 1. The summed E-state index contributed by atoms with van der Waals surface area (Å²) in [6, 6.07) is 7.42. The molecular weight excluding hydrogens is 431 g/mol. The molecule has 0 radical (unpaired) electrons. The first-order chi connectivity index (χ1) is 9.81. The molecule has 0 fully saturated rings. The van der Waals surface area contributed by atoms with Gasteiger partial charge in [0, 0.05) is 15.4 Å². The Labute approximate surface area is 141 Å². The van der Waals surface area contributed by atoms with Gasteiger partial charge in [-0.15, -0.1) is 11.3 Å². The predicted molar refractivity (Wildman–Crippen MR) is 86.7 cm³/mol. The van der Waals surface area contributed by atoms with Gasteiger partial charge in [-0.2, -0.15) is 13.2 Å². The zero-order valence-electron chi connectivity index (χ0n) is 11.0. The molecule has 7 heteroatoms. The summed E-state index contributed by atoms with van der Waals surface area (Å²) in [5.74, 6) is 0. The van der Waals surface area contributed by atoms with Crippen LogP contribution in [0.4, 0.5) is 13.2 Å². The molecule has 0 saturated heterocycles. The van der Waals surface area contributed by atoms with Gasteiger partial charge in [-0.3, -0.25) is 0 Å². The maximum absolute atomic E-state index is 12.7. The van der Waals surface area contributed by atoms with Crippen LogP contribution in [0.5, 0.6) is 0 Å². The molecule has 1 unspecified atom stereocenters. The Kier molecular flexibility index (Phi) is 5.51. The lowest BCUT2D eigenvalue weighted by atomic mass is 10.0. The zero-order chi connectivity index (χ0) is 15.6. The SMILES string of the molecule is CNC(Cc1cccc(C(F)(F)F)c1)c1cc(Br)c(Br)s1. The van der Waals surface area contributed by atoms with E-state index in [9.17, 15) is 13.2 Å². The Morgan fingerprint density at radius 3 is 2.48 bits per heavy atom. The molecule has 1 aromatic carbocycles. The molecular formula is C14H12Br2F3NS. The van der Waals surface area contributed by atoms with E-state index in [1.165, 1.54) is 12.1 Å². The molecule has 0 amide bonds. The predicted octanol–water partition coefficient (Wildman–Crippen LogP) is 5.80. The van der Waals surface area contributed by atoms with Crippen LogP contribution in [0, 0.1) is 0 Å². The van der Waals surface area contributed by atoms with Crippen LogP contribution in [-0.2, 0) is 12.6 Å². The van der Waals surface area contributed by atoms with Crippen LogP contribution in [0.2, 0.25) is 0 Å². The summed E-state index contributed by atoms with van der Waals surface area (Å²) in [6.07, 6.45) is -3.81. The molecule has 0 aliphatic rings. The summed E-state index contributed by atoms with van der Waals surface area (Å²) in [5.41, 5.74) is 0.0493. The number of alkyl halides is 3. The van der Waals surface area contributed by atoms with Gasteiger partial charge < -0.3 is 5.32 Å². The van der Waals surface area contributed by atoms with Crippen molar-refractivity contribution in [3.8, 4) is 0 Å². The second-order valence-corrected chi connectivity index (χ2v) is 7.77. The Morgan fingerprint density at radius 1 is 1.24 bits per heavy atom. The fourth-order valence-corrected chi connectivity index (χ4v) is 4.19. The van der Waals surface area contributed by atoms with Crippen molar-refractivity contribution < 1.29 is 13.2 Å². The number of hydrogen-bond donors (Lipinski definition) is 1. The highest BCUT2D eigenvalue weighted by Gasteiger charge is 2.30. The molecule has 1 atom stereocenters. The maximum Gasteiger partial charge on any atom is 0.416 e. The number of likely N-dealkylation sites (N-methyl/N-ethyl adjacent to an activating group) is 1. The van der Waals surface area contributed by atoms with Crippen molar-refractivity contribution in [1.29, 1.82) is 0 Å². The van der Waals surface area contributed by atoms with Crippen molar-refractivity contribution in [2.75, 3.05) is 7.05 Å². The van der Waals surface area contributed by atoms with Gasteiger partial charge in [0.2, 0.25) is 0 Å². The van der Waals surface area contributed by atoms with Crippen molar-refractivity contribution in [3.05, 3.63) is 54.6 Å². The molecule has 0 spiro atoms. The van der Waals surface area contributed by atoms with Crippen LogP contribution in [0.1, 0.15) is 22.0 Å². The first kappa shape index (κ1) is 17.0. The van der Waals surface area contributed by atoms with Gasteiger partial charge in [0.05, 0.1) is 9.35 Å². The summed E-state index contributed by atoms with van der Waals surface area (Å²) in [7, 11) is 1.81. The molecule has 1 nitrogen and oxygen atoms in total. The van der Waals surface area contributed by atoms with E-state index in [0.717, 1.165) is 19.2 Å². The first-order valence-corrected chi connectivity index (χ1v) is 8.49. The molecule has 21 heavy (non-hydrogen) atoms. The van der Waals surface area contributed by atoms with Crippen LogP contribution in [0.3, 0.4) is 0 Å². The van der Waals surface area contributed by atoms with E-state index in [1.807, 2.05) is 6.07 Å². The van der Waals surface area contributed by atoms with Crippen molar-refractivity contribution in [3.63, 3.8) is 0 Å². The molecule has 0 aliphatic heterocycles. The topological polar surface area (TPSA) is 12.0 Å². The van der Waals surface area contributed by atoms with Gasteiger partial charge >= 0.3 is 6.18 Å². The highest BCUT2D eigenvalue weighted by molar-refractivity contribution is 9.13. The van der Waals surface area contributed by atoms with Crippen LogP contribution in [0.25, 0.3) is 0 Å². The summed E-state index contributed by atoms with van der Waals surface area (Å²) in [6.45, 7) is 0. The molecule has 2 rings (SSSR count). The van der Waals surface area contributed by atoms with E-state index in [1.54, 1.807) is 24.5 Å². The minimum absolute atomic E-state index is 0.0268. The van der Waals surface area contributed by atoms with Gasteiger partial charge in [0.15, 0.2) is 0 Å². The van der Waals surface area contributed by atoms with E-state index in [-0.39, 0.29) is 6.04 Å². The van der Waals surface area contributed by atoms with Crippen LogP contribution < -0.4 is 5.32 Å². The van der Waals surface area contributed by atoms with Crippen molar-refractivity contribution in [1.82, 2.24) is 5.32 Å². The third kappa shape index (κ3) is 4.31. The smallest absolute Gasteiger partial charge is 0.312 e. The second kappa shape index (κ2) is 6.81. The van der Waals surface area contributed by atoms with Gasteiger partial charge in [-0.05, 0) is 63.0 Å². The summed E-state index contributed by atoms with van der Waals surface area (Å²) in [4.78, 5) is 1.06. The first-order valence-electron chi connectivity index (χ1n) is 6.09. The number of thiophene rings is 1. The molecule has 114 valence electrons. The quantitative estimate of drug-likeness (QED) is 0.631. The third-order valence-corrected chi connectivity index (χ3v) is 6.42. The lowest BCUT2D eigenvalue weighted by Gasteiger charge is -2.15. The van der Waals surface area contributed by atoms with Crippen LogP contribution in [-0.4, -0.2) is 7.05 Å². The van der Waals surface area contributed by atoms with Crippen LogP contribution >= 0.6 is 43.2 Å². The fourth-order valence-electron chi connectivity index (χ4n) is 1.99. The molecule has 0 saturated carbocycles. The molecule has 2 aromatic rings. The Morgan fingerprint density at radius 2 is 1.95 bits per heavy atom. The second-order valence-electron chi connectivity index (χ2n) is 4.51. The standard InChI is InChI=1S/C14H12Br2F3NS/c1-20-11(12-7-10(15)13(16)21-12)6-8-3-2-4-9(5-8)14(17,18)19/h2-5,7,11,20H,6H2,1H3.